The Labute approximate surface area is 337 Å². The van der Waals surface area contributed by atoms with Gasteiger partial charge in [-0.3, -0.25) is 0 Å². The van der Waals surface area contributed by atoms with Gasteiger partial charge in [0.25, 0.3) is 0 Å². The molecule has 56 heavy (non-hydrogen) atoms. The van der Waals surface area contributed by atoms with Gasteiger partial charge in [-0.05, 0) is 88.2 Å². The SMILES string of the molecule is Cc1c[c-]c(-c2cc(C)c(C)cn2)cc1.[Ir].[c-]1ccccc1-c1cc(-c2c3c(cc4oc5cc6ccccc6cc5c24)oc2cc4ccccc4cc23)ccn1. The van der Waals surface area contributed by atoms with Gasteiger partial charge in [0.2, 0.25) is 0 Å². The summed E-state index contributed by atoms with van der Waals surface area (Å²) in [6.07, 6.45) is 3.80. The second kappa shape index (κ2) is 14.4. The summed E-state index contributed by atoms with van der Waals surface area (Å²) < 4.78 is 13.1. The van der Waals surface area contributed by atoms with Gasteiger partial charge in [0, 0.05) is 65.7 Å². The Morgan fingerprint density at radius 2 is 1.09 bits per heavy atom. The van der Waals surface area contributed by atoms with E-state index in [0.717, 1.165) is 88.3 Å². The van der Waals surface area contributed by atoms with E-state index in [1.165, 1.54) is 27.5 Å². The first-order valence-electron chi connectivity index (χ1n) is 18.5. The molecule has 4 heterocycles. The van der Waals surface area contributed by atoms with Gasteiger partial charge in [0.05, 0.1) is 0 Å². The van der Waals surface area contributed by atoms with E-state index in [1.807, 2.05) is 42.7 Å². The molecule has 7 aromatic carbocycles. The van der Waals surface area contributed by atoms with Gasteiger partial charge in [-0.15, -0.1) is 71.3 Å². The Morgan fingerprint density at radius 3 is 1.66 bits per heavy atom. The number of nitrogens with zero attached hydrogens (tertiary/aromatic N) is 2. The zero-order valence-electron chi connectivity index (χ0n) is 31.0. The number of hydrogen-bond acceptors (Lipinski definition) is 4. The number of hydrogen-bond donors (Lipinski definition) is 0. The maximum Gasteiger partial charge on any atom is 0.139 e. The monoisotopic (exact) mass is 899 g/mol. The molecule has 11 rings (SSSR count). The number of benzene rings is 7. The van der Waals surface area contributed by atoms with Crippen LogP contribution < -0.4 is 0 Å². The number of pyridine rings is 2. The summed E-state index contributed by atoms with van der Waals surface area (Å²) in [5.74, 6) is 0. The number of furan rings is 2. The molecular formula is C51H34IrN2O2-2. The second-order valence-electron chi connectivity index (χ2n) is 14.2. The van der Waals surface area contributed by atoms with E-state index >= 15 is 0 Å². The molecule has 0 amide bonds. The normalized spacial score (nSPS) is 11.3. The third-order valence-corrected chi connectivity index (χ3v) is 10.6. The Balaban J connectivity index is 0.000000217. The van der Waals surface area contributed by atoms with Gasteiger partial charge in [-0.25, -0.2) is 0 Å². The van der Waals surface area contributed by atoms with E-state index in [4.69, 9.17) is 13.8 Å². The maximum atomic E-state index is 6.54. The smallest absolute Gasteiger partial charge is 0.139 e. The van der Waals surface area contributed by atoms with Crippen molar-refractivity contribution in [3.05, 3.63) is 181 Å². The van der Waals surface area contributed by atoms with Crippen LogP contribution in [-0.2, 0) is 20.1 Å². The molecule has 0 saturated carbocycles. The zero-order valence-corrected chi connectivity index (χ0v) is 33.4. The summed E-state index contributed by atoms with van der Waals surface area (Å²) in [5, 5.41) is 9.01. The Morgan fingerprint density at radius 1 is 0.500 bits per heavy atom. The van der Waals surface area contributed by atoms with Crippen LogP contribution in [0.3, 0.4) is 0 Å². The first-order valence-corrected chi connectivity index (χ1v) is 18.5. The van der Waals surface area contributed by atoms with Gasteiger partial charge in [0.1, 0.15) is 22.3 Å². The molecule has 271 valence electrons. The molecule has 0 atom stereocenters. The fourth-order valence-corrected chi connectivity index (χ4v) is 7.57. The van der Waals surface area contributed by atoms with E-state index in [9.17, 15) is 0 Å². The predicted molar refractivity (Wildman–Crippen MR) is 226 cm³/mol. The average molecular weight is 899 g/mol. The van der Waals surface area contributed by atoms with Crippen LogP contribution in [0.25, 0.3) is 99.1 Å². The van der Waals surface area contributed by atoms with Crippen LogP contribution in [-0.4, -0.2) is 9.97 Å². The molecule has 0 N–H and O–H groups in total. The average Bonchev–Trinajstić information content (AvgIpc) is 3.76. The predicted octanol–water partition coefficient (Wildman–Crippen LogP) is 13.8. The minimum atomic E-state index is 0. The van der Waals surface area contributed by atoms with Crippen LogP contribution >= 0.6 is 0 Å². The van der Waals surface area contributed by atoms with E-state index in [1.54, 1.807) is 0 Å². The van der Waals surface area contributed by atoms with Crippen LogP contribution in [0, 0.1) is 32.9 Å². The first kappa shape index (κ1) is 35.3. The zero-order chi connectivity index (χ0) is 37.0. The molecule has 0 fully saturated rings. The number of rotatable bonds is 3. The molecule has 0 bridgehead atoms. The molecule has 4 aromatic heterocycles. The van der Waals surface area contributed by atoms with Gasteiger partial charge in [-0.1, -0.05) is 73.2 Å². The molecule has 0 unspecified atom stereocenters. The van der Waals surface area contributed by atoms with Gasteiger partial charge < -0.3 is 18.8 Å². The Hall–Kier alpha value is -6.39. The third-order valence-electron chi connectivity index (χ3n) is 10.6. The maximum absolute atomic E-state index is 6.54. The number of aromatic nitrogens is 2. The molecule has 0 saturated heterocycles. The fraction of sp³-hybridized carbons (Fsp3) is 0.0588. The Kier molecular flexibility index (Phi) is 9.05. The quantitative estimate of drug-likeness (QED) is 0.166. The van der Waals surface area contributed by atoms with Crippen molar-refractivity contribution in [3.8, 4) is 33.6 Å². The summed E-state index contributed by atoms with van der Waals surface area (Å²) >= 11 is 0. The van der Waals surface area contributed by atoms with E-state index in [2.05, 4.69) is 147 Å². The fourth-order valence-electron chi connectivity index (χ4n) is 7.57. The molecule has 0 spiro atoms. The number of fused-ring (bicyclic) bond motifs is 8. The van der Waals surface area contributed by atoms with Crippen molar-refractivity contribution in [1.29, 1.82) is 0 Å². The molecule has 4 nitrogen and oxygen atoms in total. The van der Waals surface area contributed by atoms with Crippen molar-refractivity contribution >= 4 is 65.4 Å². The van der Waals surface area contributed by atoms with Crippen molar-refractivity contribution in [2.24, 2.45) is 0 Å². The van der Waals surface area contributed by atoms with Crippen LogP contribution in [0.4, 0.5) is 0 Å². The van der Waals surface area contributed by atoms with Crippen LogP contribution in [0.1, 0.15) is 16.7 Å². The van der Waals surface area contributed by atoms with Crippen molar-refractivity contribution in [3.63, 3.8) is 0 Å². The third kappa shape index (κ3) is 6.25. The minimum Gasteiger partial charge on any atom is -0.456 e. The second-order valence-corrected chi connectivity index (χ2v) is 14.2. The van der Waals surface area contributed by atoms with Crippen molar-refractivity contribution in [2.75, 3.05) is 0 Å². The Bertz CT molecular complexity index is 3110. The standard InChI is InChI=1S/C37H20NO2.C14H14N.Ir/c1-2-8-22(9-3-1)30-18-27(14-15-38-30)35-36-28-16-23-10-4-6-12-25(23)19-31(28)39-33(36)21-34-37(35)29-17-24-11-5-7-13-26(24)20-32(29)40-34;1-10-4-6-13(7-5-10)14-8-11(2)12(3)9-15-14;/h1-8,10-21H;4-6,8-9H,1-3H3;/q2*-1;. The van der Waals surface area contributed by atoms with E-state index in [0.29, 0.717) is 0 Å². The summed E-state index contributed by atoms with van der Waals surface area (Å²) in [5.41, 5.74) is 13.1. The van der Waals surface area contributed by atoms with Crippen LogP contribution in [0.2, 0.25) is 0 Å². The first-order chi connectivity index (χ1) is 27.0. The summed E-state index contributed by atoms with van der Waals surface area (Å²) in [4.78, 5) is 9.11. The molecule has 11 aromatic rings. The summed E-state index contributed by atoms with van der Waals surface area (Å²) in [7, 11) is 0. The minimum absolute atomic E-state index is 0. The topological polar surface area (TPSA) is 52.1 Å². The van der Waals surface area contributed by atoms with Gasteiger partial charge >= 0.3 is 0 Å². The van der Waals surface area contributed by atoms with E-state index < -0.39 is 0 Å². The summed E-state index contributed by atoms with van der Waals surface area (Å²) in [6.45, 7) is 6.24. The van der Waals surface area contributed by atoms with Crippen molar-refractivity contribution in [1.82, 2.24) is 9.97 Å². The van der Waals surface area contributed by atoms with E-state index in [-0.39, 0.29) is 20.1 Å². The summed E-state index contributed by atoms with van der Waals surface area (Å²) in [6, 6.07) is 54.7. The van der Waals surface area contributed by atoms with Crippen molar-refractivity contribution in [2.45, 2.75) is 20.8 Å². The van der Waals surface area contributed by atoms with Gasteiger partial charge in [-0.2, -0.15) is 0 Å². The largest absolute Gasteiger partial charge is 0.456 e. The molecule has 0 aliphatic heterocycles. The molecule has 1 radical (unpaired) electrons. The van der Waals surface area contributed by atoms with Gasteiger partial charge in [0.15, 0.2) is 0 Å². The molecular weight excluding hydrogens is 865 g/mol. The van der Waals surface area contributed by atoms with Crippen LogP contribution in [0.5, 0.6) is 0 Å². The molecule has 5 heteroatoms. The van der Waals surface area contributed by atoms with Crippen LogP contribution in [0.15, 0.2) is 161 Å². The molecule has 0 aliphatic carbocycles. The molecule has 0 aliphatic rings. The van der Waals surface area contributed by atoms with Crippen molar-refractivity contribution < 1.29 is 28.9 Å². The number of aryl methyl sites for hydroxylation is 3.